The van der Waals surface area contributed by atoms with Gasteiger partial charge in [-0.15, -0.1) is 0 Å². The Morgan fingerprint density at radius 2 is 1.83 bits per heavy atom. The second-order valence-electron chi connectivity index (χ2n) is 4.25. The molecule has 4 nitrogen and oxygen atoms in total. The standard InChI is InChI=1S/C14H23NO3/c1-11(15)12-6-7-13(14(10-12)17-3)18-9-5-4-8-16-2/h6-7,10-11H,4-5,8-9,15H2,1-3H3/t11-/m1/s1. The summed E-state index contributed by atoms with van der Waals surface area (Å²) < 4.78 is 16.0. The highest BCUT2D eigenvalue weighted by molar-refractivity contribution is 5.43. The summed E-state index contributed by atoms with van der Waals surface area (Å²) in [6, 6.07) is 5.80. The highest BCUT2D eigenvalue weighted by atomic mass is 16.5. The predicted octanol–water partition coefficient (Wildman–Crippen LogP) is 2.52. The number of benzene rings is 1. The number of hydrogen-bond donors (Lipinski definition) is 1. The summed E-state index contributed by atoms with van der Waals surface area (Å²) in [5.41, 5.74) is 6.87. The van der Waals surface area contributed by atoms with Gasteiger partial charge in [0.25, 0.3) is 0 Å². The van der Waals surface area contributed by atoms with Gasteiger partial charge >= 0.3 is 0 Å². The van der Waals surface area contributed by atoms with Crippen molar-refractivity contribution in [2.45, 2.75) is 25.8 Å². The first kappa shape index (κ1) is 14.8. The Bertz CT molecular complexity index is 353. The van der Waals surface area contributed by atoms with Crippen LogP contribution in [0.5, 0.6) is 11.5 Å². The molecule has 0 fully saturated rings. The van der Waals surface area contributed by atoms with Gasteiger partial charge in [0.05, 0.1) is 13.7 Å². The molecule has 0 aliphatic carbocycles. The van der Waals surface area contributed by atoms with E-state index in [4.69, 9.17) is 19.9 Å². The Morgan fingerprint density at radius 3 is 2.44 bits per heavy atom. The van der Waals surface area contributed by atoms with E-state index in [-0.39, 0.29) is 6.04 Å². The number of ether oxygens (including phenoxy) is 3. The molecule has 0 amide bonds. The van der Waals surface area contributed by atoms with E-state index in [0.29, 0.717) is 6.61 Å². The Hall–Kier alpha value is -1.26. The molecule has 0 aliphatic heterocycles. The van der Waals surface area contributed by atoms with Gasteiger partial charge in [0.2, 0.25) is 0 Å². The molecular formula is C14H23NO3. The molecule has 0 unspecified atom stereocenters. The molecule has 1 rings (SSSR count). The molecule has 1 atom stereocenters. The highest BCUT2D eigenvalue weighted by Crippen LogP contribution is 2.29. The van der Waals surface area contributed by atoms with Gasteiger partial charge in [0.1, 0.15) is 0 Å². The maximum absolute atomic E-state index is 5.83. The van der Waals surface area contributed by atoms with Crippen molar-refractivity contribution in [2.75, 3.05) is 27.4 Å². The fourth-order valence-electron chi connectivity index (χ4n) is 1.62. The maximum Gasteiger partial charge on any atom is 0.161 e. The normalized spacial score (nSPS) is 12.2. The van der Waals surface area contributed by atoms with Gasteiger partial charge in [-0.3, -0.25) is 0 Å². The van der Waals surface area contributed by atoms with Crippen LogP contribution in [0, 0.1) is 0 Å². The van der Waals surface area contributed by atoms with Gasteiger partial charge in [-0.2, -0.15) is 0 Å². The van der Waals surface area contributed by atoms with E-state index >= 15 is 0 Å². The molecule has 1 aromatic carbocycles. The van der Waals surface area contributed by atoms with Gasteiger partial charge in [0, 0.05) is 19.8 Å². The Kier molecular flexibility index (Phi) is 6.54. The molecule has 1 aromatic rings. The summed E-state index contributed by atoms with van der Waals surface area (Å²) in [4.78, 5) is 0. The van der Waals surface area contributed by atoms with Crippen LogP contribution in [0.25, 0.3) is 0 Å². The quantitative estimate of drug-likeness (QED) is 0.723. The van der Waals surface area contributed by atoms with Crippen molar-refractivity contribution in [2.24, 2.45) is 5.73 Å². The van der Waals surface area contributed by atoms with E-state index in [1.807, 2.05) is 25.1 Å². The zero-order valence-electron chi connectivity index (χ0n) is 11.4. The lowest BCUT2D eigenvalue weighted by atomic mass is 10.1. The topological polar surface area (TPSA) is 53.7 Å². The lowest BCUT2D eigenvalue weighted by molar-refractivity contribution is 0.183. The van der Waals surface area contributed by atoms with Crippen LogP contribution in [0.2, 0.25) is 0 Å². The highest BCUT2D eigenvalue weighted by Gasteiger charge is 2.07. The molecule has 18 heavy (non-hydrogen) atoms. The maximum atomic E-state index is 5.83. The van der Waals surface area contributed by atoms with Crippen LogP contribution >= 0.6 is 0 Å². The van der Waals surface area contributed by atoms with Gasteiger partial charge in [-0.05, 0) is 37.5 Å². The van der Waals surface area contributed by atoms with Crippen molar-refractivity contribution in [1.82, 2.24) is 0 Å². The lowest BCUT2D eigenvalue weighted by Crippen LogP contribution is -2.06. The largest absolute Gasteiger partial charge is 0.493 e. The minimum atomic E-state index is -0.00495. The van der Waals surface area contributed by atoms with E-state index in [2.05, 4.69) is 0 Å². The second kappa shape index (κ2) is 7.95. The van der Waals surface area contributed by atoms with Gasteiger partial charge in [-0.1, -0.05) is 6.07 Å². The van der Waals surface area contributed by atoms with Crippen molar-refractivity contribution in [3.05, 3.63) is 23.8 Å². The second-order valence-corrected chi connectivity index (χ2v) is 4.25. The van der Waals surface area contributed by atoms with Crippen molar-refractivity contribution >= 4 is 0 Å². The van der Waals surface area contributed by atoms with Crippen LogP contribution in [0.4, 0.5) is 0 Å². The molecule has 0 saturated carbocycles. The van der Waals surface area contributed by atoms with E-state index in [0.717, 1.165) is 36.5 Å². The fourth-order valence-corrected chi connectivity index (χ4v) is 1.62. The van der Waals surface area contributed by atoms with E-state index in [1.54, 1.807) is 14.2 Å². The first-order chi connectivity index (χ1) is 8.69. The van der Waals surface area contributed by atoms with Crippen LogP contribution < -0.4 is 15.2 Å². The van der Waals surface area contributed by atoms with Crippen molar-refractivity contribution in [3.63, 3.8) is 0 Å². The Labute approximate surface area is 109 Å². The molecule has 0 aliphatic rings. The summed E-state index contributed by atoms with van der Waals surface area (Å²) in [6.45, 7) is 3.38. The SMILES string of the molecule is COCCCCOc1ccc([C@@H](C)N)cc1OC. The molecule has 0 radical (unpaired) electrons. The Balaban J connectivity index is 2.54. The number of rotatable bonds is 8. The minimum absolute atomic E-state index is 0.00495. The molecule has 102 valence electrons. The lowest BCUT2D eigenvalue weighted by Gasteiger charge is -2.13. The third kappa shape index (κ3) is 4.55. The van der Waals surface area contributed by atoms with Crippen LogP contribution in [-0.2, 0) is 4.74 Å². The molecule has 2 N–H and O–H groups in total. The van der Waals surface area contributed by atoms with Gasteiger partial charge in [-0.25, -0.2) is 0 Å². The van der Waals surface area contributed by atoms with Crippen LogP contribution in [0.15, 0.2) is 18.2 Å². The molecule has 0 spiro atoms. The van der Waals surface area contributed by atoms with Crippen molar-refractivity contribution in [3.8, 4) is 11.5 Å². The summed E-state index contributed by atoms with van der Waals surface area (Å²) >= 11 is 0. The number of hydrogen-bond acceptors (Lipinski definition) is 4. The minimum Gasteiger partial charge on any atom is -0.493 e. The number of nitrogens with two attached hydrogens (primary N) is 1. The molecule has 0 aromatic heterocycles. The van der Waals surface area contributed by atoms with Crippen molar-refractivity contribution < 1.29 is 14.2 Å². The van der Waals surface area contributed by atoms with Crippen LogP contribution in [-0.4, -0.2) is 27.4 Å². The monoisotopic (exact) mass is 253 g/mol. The number of methoxy groups -OCH3 is 2. The Morgan fingerprint density at radius 1 is 1.11 bits per heavy atom. The fraction of sp³-hybridized carbons (Fsp3) is 0.571. The van der Waals surface area contributed by atoms with Crippen LogP contribution in [0.3, 0.4) is 0 Å². The number of unbranched alkanes of at least 4 members (excludes halogenated alkanes) is 1. The summed E-state index contributed by atoms with van der Waals surface area (Å²) in [6.07, 6.45) is 1.96. The average Bonchev–Trinajstić information content (AvgIpc) is 2.38. The third-order valence-corrected chi connectivity index (χ3v) is 2.71. The van der Waals surface area contributed by atoms with Gasteiger partial charge < -0.3 is 19.9 Å². The summed E-state index contributed by atoms with van der Waals surface area (Å²) in [5, 5.41) is 0. The first-order valence-corrected chi connectivity index (χ1v) is 6.24. The molecule has 0 bridgehead atoms. The predicted molar refractivity (Wildman–Crippen MR) is 72.2 cm³/mol. The third-order valence-electron chi connectivity index (χ3n) is 2.71. The molecule has 4 heteroatoms. The first-order valence-electron chi connectivity index (χ1n) is 6.24. The molecule has 0 heterocycles. The van der Waals surface area contributed by atoms with Crippen molar-refractivity contribution in [1.29, 1.82) is 0 Å². The van der Waals surface area contributed by atoms with E-state index in [9.17, 15) is 0 Å². The zero-order chi connectivity index (χ0) is 13.4. The van der Waals surface area contributed by atoms with E-state index < -0.39 is 0 Å². The molecule has 0 saturated heterocycles. The molecular weight excluding hydrogens is 230 g/mol. The average molecular weight is 253 g/mol. The van der Waals surface area contributed by atoms with Gasteiger partial charge in [0.15, 0.2) is 11.5 Å². The summed E-state index contributed by atoms with van der Waals surface area (Å²) in [5.74, 6) is 1.50. The summed E-state index contributed by atoms with van der Waals surface area (Å²) in [7, 11) is 3.34. The zero-order valence-corrected chi connectivity index (χ0v) is 11.4. The smallest absolute Gasteiger partial charge is 0.161 e. The van der Waals surface area contributed by atoms with Crippen LogP contribution in [0.1, 0.15) is 31.4 Å². The van der Waals surface area contributed by atoms with E-state index in [1.165, 1.54) is 0 Å².